The molecule has 0 heterocycles. The summed E-state index contributed by atoms with van der Waals surface area (Å²) in [6.07, 6.45) is 14.7. The average molecular weight is 249 g/mol. The zero-order valence-electron chi connectivity index (χ0n) is 12.9. The molecule has 2 aliphatic rings. The second kappa shape index (κ2) is 6.46. The van der Waals surface area contributed by atoms with Gasteiger partial charge in [-0.3, -0.25) is 0 Å². The quantitative estimate of drug-likeness (QED) is 0.664. The SMILES string of the molecule is CC(C)(C)BN(C1CCCCC1)C1CCCCC1. The van der Waals surface area contributed by atoms with Gasteiger partial charge in [0.2, 0.25) is 7.41 Å². The van der Waals surface area contributed by atoms with Crippen molar-refractivity contribution in [2.24, 2.45) is 0 Å². The highest BCUT2D eigenvalue weighted by Crippen LogP contribution is 2.33. The number of rotatable bonds is 3. The van der Waals surface area contributed by atoms with E-state index in [1.54, 1.807) is 0 Å². The van der Waals surface area contributed by atoms with Crippen molar-refractivity contribution >= 4 is 7.41 Å². The van der Waals surface area contributed by atoms with Gasteiger partial charge in [0.15, 0.2) is 0 Å². The smallest absolute Gasteiger partial charge is 0.210 e. The van der Waals surface area contributed by atoms with Crippen molar-refractivity contribution in [2.45, 2.75) is 102 Å². The number of nitrogens with zero attached hydrogens (tertiary/aromatic N) is 1. The first kappa shape index (κ1) is 14.4. The van der Waals surface area contributed by atoms with Gasteiger partial charge in [-0.1, -0.05) is 59.3 Å². The molecule has 0 unspecified atom stereocenters. The Labute approximate surface area is 115 Å². The molecule has 2 fully saturated rings. The molecule has 104 valence electrons. The predicted molar refractivity (Wildman–Crippen MR) is 82.4 cm³/mol. The van der Waals surface area contributed by atoms with Gasteiger partial charge < -0.3 is 4.81 Å². The van der Waals surface area contributed by atoms with Crippen molar-refractivity contribution in [3.8, 4) is 0 Å². The van der Waals surface area contributed by atoms with E-state index >= 15 is 0 Å². The second-order valence-electron chi connectivity index (χ2n) is 7.82. The Kier molecular flexibility index (Phi) is 5.18. The van der Waals surface area contributed by atoms with E-state index in [0.29, 0.717) is 5.31 Å². The Hall–Kier alpha value is 0.0249. The van der Waals surface area contributed by atoms with Crippen LogP contribution in [0.25, 0.3) is 0 Å². The Balaban J connectivity index is 2.00. The lowest BCUT2D eigenvalue weighted by Gasteiger charge is -2.44. The maximum Gasteiger partial charge on any atom is 0.210 e. The molecular weight excluding hydrogens is 217 g/mol. The largest absolute Gasteiger partial charge is 0.339 e. The molecule has 0 radical (unpaired) electrons. The standard InChI is InChI=1S/C16H32BN/c1-16(2,3)17-18(14-10-6-4-7-11-14)15-12-8-5-9-13-15/h14-15,17H,4-13H2,1-3H3. The number of hydrogen-bond donors (Lipinski definition) is 0. The third kappa shape index (κ3) is 4.29. The summed E-state index contributed by atoms with van der Waals surface area (Å²) >= 11 is 0. The Morgan fingerprint density at radius 1 is 0.722 bits per heavy atom. The van der Waals surface area contributed by atoms with Gasteiger partial charge in [-0.05, 0) is 43.1 Å². The minimum atomic E-state index is 0.453. The van der Waals surface area contributed by atoms with Crippen LogP contribution in [0, 0.1) is 0 Å². The third-order valence-electron chi connectivity index (χ3n) is 4.74. The van der Waals surface area contributed by atoms with E-state index in [1.165, 1.54) is 71.6 Å². The Morgan fingerprint density at radius 3 is 1.44 bits per heavy atom. The molecule has 1 nitrogen and oxygen atoms in total. The summed E-state index contributed by atoms with van der Waals surface area (Å²) < 4.78 is 0. The maximum absolute atomic E-state index is 2.93. The van der Waals surface area contributed by atoms with Gasteiger partial charge in [0.05, 0.1) is 0 Å². The van der Waals surface area contributed by atoms with Crippen LogP contribution in [-0.2, 0) is 0 Å². The van der Waals surface area contributed by atoms with Crippen molar-refractivity contribution < 1.29 is 0 Å². The summed E-state index contributed by atoms with van der Waals surface area (Å²) in [6.45, 7) is 7.23. The lowest BCUT2D eigenvalue weighted by molar-refractivity contribution is 0.166. The molecule has 0 aromatic heterocycles. The molecular formula is C16H32BN. The molecule has 0 aromatic rings. The van der Waals surface area contributed by atoms with Crippen LogP contribution in [-0.4, -0.2) is 24.3 Å². The highest BCUT2D eigenvalue weighted by molar-refractivity contribution is 6.36. The van der Waals surface area contributed by atoms with Crippen molar-refractivity contribution in [1.82, 2.24) is 4.81 Å². The van der Waals surface area contributed by atoms with Crippen LogP contribution in [0.2, 0.25) is 5.31 Å². The molecule has 0 amide bonds. The molecule has 0 saturated heterocycles. The summed E-state index contributed by atoms with van der Waals surface area (Å²) in [6, 6.07) is 1.81. The number of hydrogen-bond acceptors (Lipinski definition) is 1. The van der Waals surface area contributed by atoms with Crippen molar-refractivity contribution in [2.75, 3.05) is 0 Å². The van der Waals surface area contributed by atoms with Crippen LogP contribution in [0.5, 0.6) is 0 Å². The monoisotopic (exact) mass is 249 g/mol. The second-order valence-corrected chi connectivity index (χ2v) is 7.82. The van der Waals surface area contributed by atoms with E-state index in [0.717, 1.165) is 12.1 Å². The van der Waals surface area contributed by atoms with Gasteiger partial charge in [0.25, 0.3) is 0 Å². The first-order valence-corrected chi connectivity index (χ1v) is 8.32. The zero-order valence-corrected chi connectivity index (χ0v) is 12.9. The maximum atomic E-state index is 2.93. The van der Waals surface area contributed by atoms with E-state index in [2.05, 4.69) is 25.6 Å². The fourth-order valence-electron chi connectivity index (χ4n) is 3.93. The Bertz CT molecular complexity index is 216. The lowest BCUT2D eigenvalue weighted by Crippen LogP contribution is -2.49. The molecule has 0 bridgehead atoms. The molecule has 0 atom stereocenters. The van der Waals surface area contributed by atoms with E-state index in [4.69, 9.17) is 0 Å². The molecule has 0 aliphatic heterocycles. The minimum absolute atomic E-state index is 0.453. The topological polar surface area (TPSA) is 3.24 Å². The molecule has 18 heavy (non-hydrogen) atoms. The molecule has 2 heteroatoms. The van der Waals surface area contributed by atoms with Gasteiger partial charge in [-0.15, -0.1) is 0 Å². The van der Waals surface area contributed by atoms with E-state index in [9.17, 15) is 0 Å². The van der Waals surface area contributed by atoms with Crippen LogP contribution < -0.4 is 0 Å². The van der Waals surface area contributed by atoms with Gasteiger partial charge in [-0.2, -0.15) is 0 Å². The van der Waals surface area contributed by atoms with Gasteiger partial charge in [0, 0.05) is 0 Å². The Morgan fingerprint density at radius 2 is 1.11 bits per heavy atom. The third-order valence-corrected chi connectivity index (χ3v) is 4.74. The normalized spacial score (nSPS) is 24.4. The lowest BCUT2D eigenvalue weighted by atomic mass is 9.60. The summed E-state index contributed by atoms with van der Waals surface area (Å²) in [4.78, 5) is 2.93. The van der Waals surface area contributed by atoms with E-state index < -0.39 is 0 Å². The van der Waals surface area contributed by atoms with E-state index in [1.807, 2.05) is 0 Å². The first-order chi connectivity index (χ1) is 8.56. The zero-order chi connectivity index (χ0) is 13.0. The fourth-order valence-corrected chi connectivity index (χ4v) is 3.93. The average Bonchev–Trinajstić information content (AvgIpc) is 2.37. The van der Waals surface area contributed by atoms with Crippen molar-refractivity contribution in [1.29, 1.82) is 0 Å². The predicted octanol–water partition coefficient (Wildman–Crippen LogP) is 4.52. The van der Waals surface area contributed by atoms with Crippen LogP contribution in [0.3, 0.4) is 0 Å². The van der Waals surface area contributed by atoms with Gasteiger partial charge >= 0.3 is 0 Å². The highest BCUT2D eigenvalue weighted by Gasteiger charge is 2.32. The molecule has 2 rings (SSSR count). The summed E-state index contributed by atoms with van der Waals surface area (Å²) in [5, 5.41) is 0.453. The first-order valence-electron chi connectivity index (χ1n) is 8.32. The van der Waals surface area contributed by atoms with Crippen LogP contribution in [0.1, 0.15) is 85.0 Å². The minimum Gasteiger partial charge on any atom is -0.339 e. The van der Waals surface area contributed by atoms with Crippen molar-refractivity contribution in [3.63, 3.8) is 0 Å². The van der Waals surface area contributed by atoms with Gasteiger partial charge in [-0.25, -0.2) is 0 Å². The van der Waals surface area contributed by atoms with Crippen LogP contribution in [0.15, 0.2) is 0 Å². The molecule has 0 N–H and O–H groups in total. The molecule has 2 aliphatic carbocycles. The summed E-state index contributed by atoms with van der Waals surface area (Å²) in [7, 11) is 1.31. The van der Waals surface area contributed by atoms with Crippen LogP contribution >= 0.6 is 0 Å². The fraction of sp³-hybridized carbons (Fsp3) is 1.00. The van der Waals surface area contributed by atoms with E-state index in [-0.39, 0.29) is 0 Å². The highest BCUT2D eigenvalue weighted by atomic mass is 15.1. The summed E-state index contributed by atoms with van der Waals surface area (Å²) in [5.41, 5.74) is 0. The molecule has 2 saturated carbocycles. The summed E-state index contributed by atoms with van der Waals surface area (Å²) in [5.74, 6) is 0. The van der Waals surface area contributed by atoms with Crippen molar-refractivity contribution in [3.05, 3.63) is 0 Å². The van der Waals surface area contributed by atoms with Gasteiger partial charge in [0.1, 0.15) is 0 Å². The molecule has 0 spiro atoms. The van der Waals surface area contributed by atoms with Crippen LogP contribution in [0.4, 0.5) is 0 Å². The molecule has 0 aromatic carbocycles.